The molecule has 0 spiro atoms. The lowest BCUT2D eigenvalue weighted by Gasteiger charge is -2.06. The van der Waals surface area contributed by atoms with E-state index in [1.165, 1.54) is 11.8 Å². The first kappa shape index (κ1) is 13.4. The molecule has 0 bridgehead atoms. The molecule has 0 aromatic carbocycles. The molecular formula is C12H13BrN4S. The van der Waals surface area contributed by atoms with Gasteiger partial charge in [-0.2, -0.15) is 0 Å². The summed E-state index contributed by atoms with van der Waals surface area (Å²) in [5, 5.41) is 1.55. The van der Waals surface area contributed by atoms with Gasteiger partial charge in [0.2, 0.25) is 0 Å². The highest BCUT2D eigenvalue weighted by molar-refractivity contribution is 9.10. The summed E-state index contributed by atoms with van der Waals surface area (Å²) in [6.45, 7) is 6.10. The third kappa shape index (κ3) is 3.49. The van der Waals surface area contributed by atoms with Gasteiger partial charge in [-0.15, -0.1) is 0 Å². The number of aryl methyl sites for hydroxylation is 1. The maximum atomic E-state index is 4.49. The molecule has 0 unspecified atom stereocenters. The Hall–Kier alpha value is -1.01. The molecule has 0 N–H and O–H groups in total. The normalized spacial score (nSPS) is 10.9. The van der Waals surface area contributed by atoms with E-state index in [0.29, 0.717) is 11.1 Å². The fourth-order valence-electron chi connectivity index (χ4n) is 1.25. The molecule has 4 nitrogen and oxygen atoms in total. The molecule has 18 heavy (non-hydrogen) atoms. The summed E-state index contributed by atoms with van der Waals surface area (Å²) in [5.41, 5.74) is 1.05. The molecule has 2 heterocycles. The third-order valence-electron chi connectivity index (χ3n) is 2.16. The SMILES string of the molecule is Cc1cnc(Sc2cc(Br)nc(C(C)C)n2)nc1. The summed E-state index contributed by atoms with van der Waals surface area (Å²) in [7, 11) is 0. The van der Waals surface area contributed by atoms with Crippen LogP contribution in [0.2, 0.25) is 0 Å². The van der Waals surface area contributed by atoms with Crippen LogP contribution in [0.1, 0.15) is 31.2 Å². The molecule has 0 atom stereocenters. The largest absolute Gasteiger partial charge is 0.231 e. The van der Waals surface area contributed by atoms with Crippen molar-refractivity contribution in [1.82, 2.24) is 19.9 Å². The molecule has 0 saturated carbocycles. The zero-order valence-corrected chi connectivity index (χ0v) is 12.8. The topological polar surface area (TPSA) is 51.6 Å². The van der Waals surface area contributed by atoms with Crippen molar-refractivity contribution >= 4 is 27.7 Å². The average Bonchev–Trinajstić information content (AvgIpc) is 2.31. The summed E-state index contributed by atoms with van der Waals surface area (Å²) in [6, 6.07) is 1.87. The number of hydrogen-bond donors (Lipinski definition) is 0. The van der Waals surface area contributed by atoms with Gasteiger partial charge < -0.3 is 0 Å². The van der Waals surface area contributed by atoms with Crippen molar-refractivity contribution in [3.05, 3.63) is 34.5 Å². The monoisotopic (exact) mass is 324 g/mol. The van der Waals surface area contributed by atoms with E-state index in [1.54, 1.807) is 12.4 Å². The van der Waals surface area contributed by atoms with E-state index in [0.717, 1.165) is 21.0 Å². The van der Waals surface area contributed by atoms with Crippen molar-refractivity contribution in [2.75, 3.05) is 0 Å². The van der Waals surface area contributed by atoms with Crippen LogP contribution in [0.15, 0.2) is 33.2 Å². The van der Waals surface area contributed by atoms with Crippen LogP contribution in [0, 0.1) is 6.92 Å². The first-order chi connectivity index (χ1) is 8.54. The maximum Gasteiger partial charge on any atom is 0.193 e. The Morgan fingerprint density at radius 3 is 2.44 bits per heavy atom. The Morgan fingerprint density at radius 1 is 1.17 bits per heavy atom. The van der Waals surface area contributed by atoms with Gasteiger partial charge in [0.1, 0.15) is 15.5 Å². The Morgan fingerprint density at radius 2 is 1.83 bits per heavy atom. The van der Waals surface area contributed by atoms with Crippen LogP contribution in [-0.4, -0.2) is 19.9 Å². The van der Waals surface area contributed by atoms with E-state index >= 15 is 0 Å². The summed E-state index contributed by atoms with van der Waals surface area (Å²) in [6.07, 6.45) is 3.60. The van der Waals surface area contributed by atoms with Gasteiger partial charge >= 0.3 is 0 Å². The fourth-order valence-corrected chi connectivity index (χ4v) is 2.51. The van der Waals surface area contributed by atoms with Crippen LogP contribution in [0.3, 0.4) is 0 Å². The molecule has 0 radical (unpaired) electrons. The lowest BCUT2D eigenvalue weighted by atomic mass is 10.2. The molecule has 2 aromatic rings. The van der Waals surface area contributed by atoms with E-state index < -0.39 is 0 Å². The van der Waals surface area contributed by atoms with Gasteiger partial charge in [0.15, 0.2) is 5.16 Å². The first-order valence-corrected chi connectivity index (χ1v) is 7.16. The zero-order chi connectivity index (χ0) is 13.1. The van der Waals surface area contributed by atoms with E-state index in [1.807, 2.05) is 13.0 Å². The van der Waals surface area contributed by atoms with Crippen LogP contribution >= 0.6 is 27.7 Å². The van der Waals surface area contributed by atoms with Gasteiger partial charge in [-0.1, -0.05) is 13.8 Å². The number of nitrogens with zero attached hydrogens (tertiary/aromatic N) is 4. The van der Waals surface area contributed by atoms with Gasteiger partial charge in [0, 0.05) is 24.4 Å². The minimum absolute atomic E-state index is 0.292. The molecule has 0 aliphatic heterocycles. The summed E-state index contributed by atoms with van der Waals surface area (Å²) in [5.74, 6) is 1.11. The molecule has 6 heteroatoms. The highest BCUT2D eigenvalue weighted by Crippen LogP contribution is 2.26. The lowest BCUT2D eigenvalue weighted by molar-refractivity contribution is 0.747. The van der Waals surface area contributed by atoms with E-state index in [-0.39, 0.29) is 0 Å². The first-order valence-electron chi connectivity index (χ1n) is 5.55. The number of halogens is 1. The molecule has 2 rings (SSSR count). The van der Waals surface area contributed by atoms with E-state index in [4.69, 9.17) is 0 Å². The molecule has 0 aliphatic carbocycles. The quantitative estimate of drug-likeness (QED) is 0.637. The minimum Gasteiger partial charge on any atom is -0.231 e. The van der Waals surface area contributed by atoms with Crippen LogP contribution in [0.4, 0.5) is 0 Å². The van der Waals surface area contributed by atoms with E-state index in [9.17, 15) is 0 Å². The van der Waals surface area contributed by atoms with Crippen LogP contribution in [0.5, 0.6) is 0 Å². The predicted molar refractivity (Wildman–Crippen MR) is 74.7 cm³/mol. The van der Waals surface area contributed by atoms with E-state index in [2.05, 4.69) is 49.7 Å². The maximum absolute atomic E-state index is 4.49. The number of aromatic nitrogens is 4. The number of hydrogen-bond acceptors (Lipinski definition) is 5. The molecule has 0 fully saturated rings. The summed E-state index contributed by atoms with van der Waals surface area (Å²) < 4.78 is 0.788. The van der Waals surface area contributed by atoms with Crippen molar-refractivity contribution in [2.45, 2.75) is 36.9 Å². The smallest absolute Gasteiger partial charge is 0.193 e. The predicted octanol–water partition coefficient (Wildman–Crippen LogP) is 3.61. The van der Waals surface area contributed by atoms with Gasteiger partial charge in [0.05, 0.1) is 0 Å². The fraction of sp³-hybridized carbons (Fsp3) is 0.333. The summed E-state index contributed by atoms with van der Waals surface area (Å²) in [4.78, 5) is 17.3. The third-order valence-corrected chi connectivity index (χ3v) is 3.38. The van der Waals surface area contributed by atoms with Crippen molar-refractivity contribution in [1.29, 1.82) is 0 Å². The minimum atomic E-state index is 0.292. The second-order valence-electron chi connectivity index (χ2n) is 4.19. The highest BCUT2D eigenvalue weighted by Gasteiger charge is 2.09. The van der Waals surface area contributed by atoms with Gasteiger partial charge in [0.25, 0.3) is 0 Å². The summed E-state index contributed by atoms with van der Waals surface area (Å²) >= 11 is 4.84. The van der Waals surface area contributed by atoms with Crippen molar-refractivity contribution in [3.63, 3.8) is 0 Å². The Bertz CT molecular complexity index is 542. The van der Waals surface area contributed by atoms with Crippen molar-refractivity contribution in [2.24, 2.45) is 0 Å². The zero-order valence-electron chi connectivity index (χ0n) is 10.4. The Kier molecular flexibility index (Phi) is 4.29. The second-order valence-corrected chi connectivity index (χ2v) is 5.99. The van der Waals surface area contributed by atoms with Gasteiger partial charge in [-0.25, -0.2) is 19.9 Å². The number of rotatable bonds is 3. The Balaban J connectivity index is 2.26. The van der Waals surface area contributed by atoms with Crippen LogP contribution in [-0.2, 0) is 0 Å². The van der Waals surface area contributed by atoms with Crippen molar-refractivity contribution < 1.29 is 0 Å². The second kappa shape index (κ2) is 5.75. The van der Waals surface area contributed by atoms with Crippen LogP contribution < -0.4 is 0 Å². The lowest BCUT2D eigenvalue weighted by Crippen LogP contribution is -1.99. The highest BCUT2D eigenvalue weighted by atomic mass is 79.9. The molecule has 0 aliphatic rings. The average molecular weight is 325 g/mol. The van der Waals surface area contributed by atoms with Gasteiger partial charge in [-0.05, 0) is 40.2 Å². The molecule has 2 aromatic heterocycles. The van der Waals surface area contributed by atoms with Crippen molar-refractivity contribution in [3.8, 4) is 0 Å². The molecule has 94 valence electrons. The molecule has 0 amide bonds. The van der Waals surface area contributed by atoms with Gasteiger partial charge in [-0.3, -0.25) is 0 Å². The standard InChI is InChI=1S/C12H13BrN4S/c1-7(2)11-16-9(13)4-10(17-11)18-12-14-5-8(3)6-15-12/h4-7H,1-3H3. The van der Waals surface area contributed by atoms with Crippen LogP contribution in [0.25, 0.3) is 0 Å². The molecule has 0 saturated heterocycles. The Labute approximate surface area is 119 Å². The molecular weight excluding hydrogens is 312 g/mol.